The molecule has 0 saturated carbocycles. The molecule has 2 aromatic carbocycles. The molecule has 1 unspecified atom stereocenters. The van der Waals surface area contributed by atoms with E-state index in [2.05, 4.69) is 62.6 Å². The number of hydrogen-bond acceptors (Lipinski definition) is 4. The highest BCUT2D eigenvalue weighted by Gasteiger charge is 2.36. The van der Waals surface area contributed by atoms with E-state index in [1.807, 2.05) is 13.1 Å². The van der Waals surface area contributed by atoms with Crippen LogP contribution in [0.4, 0.5) is 17.1 Å². The van der Waals surface area contributed by atoms with Gasteiger partial charge >= 0.3 is 0 Å². The minimum absolute atomic E-state index is 0.0645. The van der Waals surface area contributed by atoms with Crippen LogP contribution < -0.4 is 9.80 Å². The van der Waals surface area contributed by atoms with Gasteiger partial charge in [0, 0.05) is 12.7 Å². The van der Waals surface area contributed by atoms with Gasteiger partial charge in [-0.3, -0.25) is 0 Å². The van der Waals surface area contributed by atoms with E-state index in [9.17, 15) is 10.5 Å². The van der Waals surface area contributed by atoms with Crippen LogP contribution in [0, 0.1) is 50.4 Å². The van der Waals surface area contributed by atoms with Gasteiger partial charge in [0.05, 0.1) is 22.5 Å². The average Bonchev–Trinajstić information content (AvgIpc) is 2.84. The molecule has 1 aliphatic rings. The largest absolute Gasteiger partial charge is 0.351 e. The lowest BCUT2D eigenvalue weighted by molar-refractivity contribution is 0.730. The van der Waals surface area contributed by atoms with Crippen molar-refractivity contribution in [3.63, 3.8) is 0 Å². The summed E-state index contributed by atoms with van der Waals surface area (Å²) in [5.41, 5.74) is 8.93. The highest BCUT2D eigenvalue weighted by molar-refractivity contribution is 5.90. The zero-order chi connectivity index (χ0) is 18.5. The van der Waals surface area contributed by atoms with Crippen LogP contribution in [0.1, 0.15) is 40.3 Å². The van der Waals surface area contributed by atoms with Crippen LogP contribution in [-0.4, -0.2) is 13.2 Å². The molecule has 0 saturated heterocycles. The summed E-state index contributed by atoms with van der Waals surface area (Å²) in [6.07, 6.45) is 0.0645. The normalized spacial score (nSPS) is 15.8. The number of hydrogen-bond donors (Lipinski definition) is 0. The second-order valence-corrected chi connectivity index (χ2v) is 6.80. The van der Waals surface area contributed by atoms with Crippen LogP contribution in [0.3, 0.4) is 0 Å². The Bertz CT molecular complexity index is 933. The summed E-state index contributed by atoms with van der Waals surface area (Å²) in [5, 5.41) is 19.0. The standard InChI is InChI=1S/C21H22N4/c1-12-9-13(2)15(4)20(14(12)3)25-16(5)24(6)21-18(11-23)17(10-22)7-8-19(21)25/h7-9,16H,1-6H3. The molecule has 0 aliphatic carbocycles. The molecule has 4 heteroatoms. The summed E-state index contributed by atoms with van der Waals surface area (Å²) < 4.78 is 0. The van der Waals surface area contributed by atoms with Crippen LogP contribution in [0.15, 0.2) is 18.2 Å². The number of nitriles is 2. The molecule has 0 N–H and O–H groups in total. The molecule has 25 heavy (non-hydrogen) atoms. The second-order valence-electron chi connectivity index (χ2n) is 6.80. The first-order valence-corrected chi connectivity index (χ1v) is 8.40. The number of benzene rings is 2. The van der Waals surface area contributed by atoms with Crippen molar-refractivity contribution in [2.45, 2.75) is 40.8 Å². The lowest BCUT2D eigenvalue weighted by Crippen LogP contribution is -2.36. The van der Waals surface area contributed by atoms with Gasteiger partial charge in [0.1, 0.15) is 18.3 Å². The third-order valence-corrected chi connectivity index (χ3v) is 5.50. The Morgan fingerprint density at radius 3 is 2.04 bits per heavy atom. The quantitative estimate of drug-likeness (QED) is 0.767. The minimum Gasteiger partial charge on any atom is -0.351 e. The van der Waals surface area contributed by atoms with Crippen molar-refractivity contribution >= 4 is 17.1 Å². The Kier molecular flexibility index (Phi) is 3.93. The van der Waals surface area contributed by atoms with Crippen LogP contribution in [0.5, 0.6) is 0 Å². The fourth-order valence-electron chi connectivity index (χ4n) is 3.76. The van der Waals surface area contributed by atoms with Crippen LogP contribution in [0.2, 0.25) is 0 Å². The molecule has 0 bridgehead atoms. The summed E-state index contributed by atoms with van der Waals surface area (Å²) in [6.45, 7) is 10.7. The molecule has 1 atom stereocenters. The van der Waals surface area contributed by atoms with Crippen molar-refractivity contribution in [3.8, 4) is 12.1 Å². The second kappa shape index (κ2) is 5.83. The first-order valence-electron chi connectivity index (χ1n) is 8.40. The monoisotopic (exact) mass is 330 g/mol. The molecule has 0 amide bonds. The number of anilines is 3. The lowest BCUT2D eigenvalue weighted by Gasteiger charge is -2.31. The Morgan fingerprint density at radius 1 is 0.920 bits per heavy atom. The van der Waals surface area contributed by atoms with E-state index in [1.54, 1.807) is 6.07 Å². The highest BCUT2D eigenvalue weighted by Crippen LogP contribution is 2.48. The van der Waals surface area contributed by atoms with Crippen molar-refractivity contribution in [2.24, 2.45) is 0 Å². The van der Waals surface area contributed by atoms with E-state index in [1.165, 1.54) is 27.9 Å². The molecule has 4 nitrogen and oxygen atoms in total. The number of nitrogens with zero attached hydrogens (tertiary/aromatic N) is 4. The highest BCUT2D eigenvalue weighted by atomic mass is 15.4. The van der Waals surface area contributed by atoms with E-state index < -0.39 is 0 Å². The van der Waals surface area contributed by atoms with Gasteiger partial charge in [-0.1, -0.05) is 6.07 Å². The summed E-state index contributed by atoms with van der Waals surface area (Å²) in [6, 6.07) is 10.3. The summed E-state index contributed by atoms with van der Waals surface area (Å²) in [4.78, 5) is 4.38. The molecular weight excluding hydrogens is 308 g/mol. The number of rotatable bonds is 1. The Labute approximate surface area is 149 Å². The van der Waals surface area contributed by atoms with Crippen molar-refractivity contribution < 1.29 is 0 Å². The van der Waals surface area contributed by atoms with Gasteiger partial charge in [0.15, 0.2) is 0 Å². The van der Waals surface area contributed by atoms with Gasteiger partial charge in [0.25, 0.3) is 0 Å². The zero-order valence-corrected chi connectivity index (χ0v) is 15.6. The molecule has 0 fully saturated rings. The molecule has 3 rings (SSSR count). The number of aryl methyl sites for hydroxylation is 2. The predicted octanol–water partition coefficient (Wildman–Crippen LogP) is 4.60. The van der Waals surface area contributed by atoms with E-state index in [0.29, 0.717) is 11.1 Å². The molecule has 0 spiro atoms. The maximum atomic E-state index is 9.63. The zero-order valence-electron chi connectivity index (χ0n) is 15.6. The van der Waals surface area contributed by atoms with E-state index in [0.717, 1.165) is 11.4 Å². The maximum Gasteiger partial charge on any atom is 0.103 e. The summed E-state index contributed by atoms with van der Waals surface area (Å²) in [5.74, 6) is 0. The van der Waals surface area contributed by atoms with Gasteiger partial charge in [-0.05, 0) is 69.0 Å². The summed E-state index contributed by atoms with van der Waals surface area (Å²) in [7, 11) is 1.98. The van der Waals surface area contributed by atoms with E-state index in [-0.39, 0.29) is 6.17 Å². The molecule has 2 aromatic rings. The first kappa shape index (κ1) is 16.9. The van der Waals surface area contributed by atoms with Gasteiger partial charge < -0.3 is 9.80 Å². The van der Waals surface area contributed by atoms with Crippen molar-refractivity contribution in [3.05, 3.63) is 51.6 Å². The summed E-state index contributed by atoms with van der Waals surface area (Å²) >= 11 is 0. The Morgan fingerprint density at radius 2 is 1.52 bits per heavy atom. The molecule has 1 heterocycles. The third-order valence-electron chi connectivity index (χ3n) is 5.50. The predicted molar refractivity (Wildman–Crippen MR) is 101 cm³/mol. The molecule has 126 valence electrons. The van der Waals surface area contributed by atoms with E-state index >= 15 is 0 Å². The molecule has 1 aliphatic heterocycles. The maximum absolute atomic E-state index is 9.63. The molecule has 0 aromatic heterocycles. The fourth-order valence-corrected chi connectivity index (χ4v) is 3.76. The Hall–Kier alpha value is -2.98. The smallest absolute Gasteiger partial charge is 0.103 e. The number of fused-ring (bicyclic) bond motifs is 1. The fraction of sp³-hybridized carbons (Fsp3) is 0.333. The van der Waals surface area contributed by atoms with Gasteiger partial charge in [-0.2, -0.15) is 10.5 Å². The Balaban J connectivity index is 2.35. The van der Waals surface area contributed by atoms with Gasteiger partial charge in [-0.15, -0.1) is 0 Å². The lowest BCUT2D eigenvalue weighted by atomic mass is 9.97. The van der Waals surface area contributed by atoms with Gasteiger partial charge in [0.2, 0.25) is 0 Å². The van der Waals surface area contributed by atoms with Crippen molar-refractivity contribution in [1.29, 1.82) is 10.5 Å². The minimum atomic E-state index is 0.0645. The van der Waals surface area contributed by atoms with Crippen LogP contribution in [0.25, 0.3) is 0 Å². The first-order chi connectivity index (χ1) is 11.8. The van der Waals surface area contributed by atoms with Crippen molar-refractivity contribution in [1.82, 2.24) is 0 Å². The molecular formula is C21H22N4. The van der Waals surface area contributed by atoms with E-state index in [4.69, 9.17) is 0 Å². The van der Waals surface area contributed by atoms with Gasteiger partial charge in [-0.25, -0.2) is 0 Å². The molecule has 0 radical (unpaired) electrons. The third kappa shape index (κ3) is 2.26. The van der Waals surface area contributed by atoms with Crippen LogP contribution >= 0.6 is 0 Å². The van der Waals surface area contributed by atoms with Crippen molar-refractivity contribution in [2.75, 3.05) is 16.8 Å². The average molecular weight is 330 g/mol. The topological polar surface area (TPSA) is 54.1 Å². The van der Waals surface area contributed by atoms with Crippen LogP contribution in [-0.2, 0) is 0 Å². The SMILES string of the molecule is Cc1cc(C)c(C)c(N2c3ccc(C#N)c(C#N)c3N(C)C2C)c1C.